The van der Waals surface area contributed by atoms with Crippen LogP contribution in [0.3, 0.4) is 0 Å². The number of hydrogen-bond acceptors (Lipinski definition) is 3. The Hall–Kier alpha value is -0.580. The molecule has 0 saturated heterocycles. The Kier molecular flexibility index (Phi) is 5.68. The maximum Gasteiger partial charge on any atom is 0.122 e. The van der Waals surface area contributed by atoms with E-state index in [-0.39, 0.29) is 6.61 Å². The van der Waals surface area contributed by atoms with Gasteiger partial charge in [0.2, 0.25) is 0 Å². The molecule has 0 bridgehead atoms. The van der Waals surface area contributed by atoms with E-state index in [1.807, 2.05) is 12.1 Å². The van der Waals surface area contributed by atoms with Crippen LogP contribution in [0.4, 0.5) is 0 Å². The molecule has 1 aromatic rings. The minimum Gasteiger partial charge on any atom is -0.496 e. The van der Waals surface area contributed by atoms with Gasteiger partial charge in [0.05, 0.1) is 13.7 Å². The van der Waals surface area contributed by atoms with Crippen LogP contribution in [-0.4, -0.2) is 31.9 Å². The SMILES string of the molecule is COc1ccc(Br)cc1CCNCCO. The second-order valence-electron chi connectivity index (χ2n) is 3.18. The van der Waals surface area contributed by atoms with Gasteiger partial charge in [-0.05, 0) is 36.7 Å². The van der Waals surface area contributed by atoms with E-state index in [1.54, 1.807) is 7.11 Å². The van der Waals surface area contributed by atoms with Crippen molar-refractivity contribution >= 4 is 15.9 Å². The quantitative estimate of drug-likeness (QED) is 0.774. The molecule has 0 radical (unpaired) electrons. The second kappa shape index (κ2) is 6.82. The molecule has 0 unspecified atom stereocenters. The monoisotopic (exact) mass is 273 g/mol. The van der Waals surface area contributed by atoms with Crippen LogP contribution in [0.15, 0.2) is 22.7 Å². The number of rotatable bonds is 6. The standard InChI is InChI=1S/C11H16BrNO2/c1-15-11-3-2-10(12)8-9(11)4-5-13-6-7-14/h2-3,8,13-14H,4-7H2,1H3. The van der Waals surface area contributed by atoms with E-state index in [4.69, 9.17) is 9.84 Å². The van der Waals surface area contributed by atoms with E-state index in [0.717, 1.165) is 28.8 Å². The Morgan fingerprint density at radius 3 is 2.87 bits per heavy atom. The van der Waals surface area contributed by atoms with E-state index in [9.17, 15) is 0 Å². The van der Waals surface area contributed by atoms with Gasteiger partial charge in [-0.1, -0.05) is 15.9 Å². The Bertz CT molecular complexity index is 305. The molecule has 3 nitrogen and oxygen atoms in total. The van der Waals surface area contributed by atoms with Crippen molar-refractivity contribution < 1.29 is 9.84 Å². The molecular weight excluding hydrogens is 258 g/mol. The molecule has 0 saturated carbocycles. The number of hydrogen-bond donors (Lipinski definition) is 2. The summed E-state index contributed by atoms with van der Waals surface area (Å²) in [4.78, 5) is 0. The summed E-state index contributed by atoms with van der Waals surface area (Å²) in [6.07, 6.45) is 0.891. The second-order valence-corrected chi connectivity index (χ2v) is 4.10. The summed E-state index contributed by atoms with van der Waals surface area (Å²) in [7, 11) is 1.67. The summed E-state index contributed by atoms with van der Waals surface area (Å²) in [6, 6.07) is 5.97. The molecule has 2 N–H and O–H groups in total. The third-order valence-corrected chi connectivity index (χ3v) is 2.60. The van der Waals surface area contributed by atoms with Gasteiger partial charge in [-0.25, -0.2) is 0 Å². The molecule has 1 aromatic carbocycles. The van der Waals surface area contributed by atoms with Crippen LogP contribution in [0, 0.1) is 0 Å². The van der Waals surface area contributed by atoms with Crippen LogP contribution in [-0.2, 0) is 6.42 Å². The molecule has 0 aliphatic carbocycles. The zero-order valence-corrected chi connectivity index (χ0v) is 10.4. The van der Waals surface area contributed by atoms with Crippen molar-refractivity contribution in [3.05, 3.63) is 28.2 Å². The van der Waals surface area contributed by atoms with Crippen LogP contribution >= 0.6 is 15.9 Å². The Morgan fingerprint density at radius 1 is 1.40 bits per heavy atom. The molecule has 0 aromatic heterocycles. The molecule has 15 heavy (non-hydrogen) atoms. The molecular formula is C11H16BrNO2. The summed E-state index contributed by atoms with van der Waals surface area (Å²) in [5.41, 5.74) is 1.16. The highest BCUT2D eigenvalue weighted by molar-refractivity contribution is 9.10. The van der Waals surface area contributed by atoms with E-state index in [1.165, 1.54) is 0 Å². The first kappa shape index (κ1) is 12.5. The first-order valence-electron chi connectivity index (χ1n) is 4.92. The van der Waals surface area contributed by atoms with E-state index >= 15 is 0 Å². The summed E-state index contributed by atoms with van der Waals surface area (Å²) >= 11 is 3.43. The van der Waals surface area contributed by atoms with Gasteiger partial charge in [0.25, 0.3) is 0 Å². The van der Waals surface area contributed by atoms with Crippen LogP contribution in [0.25, 0.3) is 0 Å². The molecule has 0 spiro atoms. The van der Waals surface area contributed by atoms with Gasteiger partial charge in [-0.15, -0.1) is 0 Å². The molecule has 0 fully saturated rings. The lowest BCUT2D eigenvalue weighted by atomic mass is 10.1. The minimum absolute atomic E-state index is 0.176. The molecule has 0 aliphatic heterocycles. The highest BCUT2D eigenvalue weighted by Gasteiger charge is 2.02. The molecule has 0 aliphatic rings. The lowest BCUT2D eigenvalue weighted by Crippen LogP contribution is -2.21. The molecule has 84 valence electrons. The highest BCUT2D eigenvalue weighted by Crippen LogP contribution is 2.22. The van der Waals surface area contributed by atoms with Gasteiger partial charge in [-0.2, -0.15) is 0 Å². The van der Waals surface area contributed by atoms with Gasteiger partial charge < -0.3 is 15.2 Å². The fourth-order valence-corrected chi connectivity index (χ4v) is 1.78. The van der Waals surface area contributed by atoms with Crippen molar-refractivity contribution in [3.63, 3.8) is 0 Å². The summed E-state index contributed by atoms with van der Waals surface area (Å²) in [5.74, 6) is 0.906. The Morgan fingerprint density at radius 2 is 2.20 bits per heavy atom. The van der Waals surface area contributed by atoms with Crippen LogP contribution in [0.2, 0.25) is 0 Å². The van der Waals surface area contributed by atoms with Gasteiger partial charge >= 0.3 is 0 Å². The van der Waals surface area contributed by atoms with Crippen LogP contribution < -0.4 is 10.1 Å². The van der Waals surface area contributed by atoms with Crippen molar-refractivity contribution in [1.29, 1.82) is 0 Å². The number of aliphatic hydroxyl groups is 1. The normalized spacial score (nSPS) is 10.3. The molecule has 4 heteroatoms. The molecule has 0 atom stereocenters. The van der Waals surface area contributed by atoms with Crippen molar-refractivity contribution in [2.75, 3.05) is 26.8 Å². The zero-order valence-electron chi connectivity index (χ0n) is 8.79. The summed E-state index contributed by atoms with van der Waals surface area (Å²) in [6.45, 7) is 1.65. The van der Waals surface area contributed by atoms with E-state index in [0.29, 0.717) is 6.54 Å². The lowest BCUT2D eigenvalue weighted by Gasteiger charge is -2.09. The number of halogens is 1. The first-order chi connectivity index (χ1) is 7.27. The predicted molar refractivity (Wildman–Crippen MR) is 64.4 cm³/mol. The van der Waals surface area contributed by atoms with Crippen molar-refractivity contribution in [1.82, 2.24) is 5.32 Å². The average molecular weight is 274 g/mol. The topological polar surface area (TPSA) is 41.5 Å². The zero-order chi connectivity index (χ0) is 11.1. The van der Waals surface area contributed by atoms with Gasteiger partial charge in [0, 0.05) is 11.0 Å². The van der Waals surface area contributed by atoms with Crippen molar-refractivity contribution in [2.45, 2.75) is 6.42 Å². The number of methoxy groups -OCH3 is 1. The van der Waals surface area contributed by atoms with Gasteiger partial charge in [0.1, 0.15) is 5.75 Å². The van der Waals surface area contributed by atoms with E-state index in [2.05, 4.69) is 27.3 Å². The van der Waals surface area contributed by atoms with Gasteiger partial charge in [-0.3, -0.25) is 0 Å². The lowest BCUT2D eigenvalue weighted by molar-refractivity contribution is 0.292. The summed E-state index contributed by atoms with van der Waals surface area (Å²) < 4.78 is 6.32. The maximum absolute atomic E-state index is 8.61. The number of ether oxygens (including phenoxy) is 1. The van der Waals surface area contributed by atoms with E-state index < -0.39 is 0 Å². The van der Waals surface area contributed by atoms with Crippen LogP contribution in [0.1, 0.15) is 5.56 Å². The first-order valence-corrected chi connectivity index (χ1v) is 5.71. The third-order valence-electron chi connectivity index (χ3n) is 2.10. The number of nitrogens with one attached hydrogen (secondary N) is 1. The maximum atomic E-state index is 8.61. The average Bonchev–Trinajstić information content (AvgIpc) is 2.25. The fourth-order valence-electron chi connectivity index (χ4n) is 1.37. The highest BCUT2D eigenvalue weighted by atomic mass is 79.9. The Balaban J connectivity index is 2.54. The smallest absolute Gasteiger partial charge is 0.122 e. The summed E-state index contributed by atoms with van der Waals surface area (Å²) in [5, 5.41) is 11.7. The molecule has 0 amide bonds. The van der Waals surface area contributed by atoms with Gasteiger partial charge in [0.15, 0.2) is 0 Å². The van der Waals surface area contributed by atoms with Crippen molar-refractivity contribution in [3.8, 4) is 5.75 Å². The predicted octanol–water partition coefficient (Wildman–Crippen LogP) is 1.58. The molecule has 1 rings (SSSR count). The largest absolute Gasteiger partial charge is 0.496 e. The van der Waals surface area contributed by atoms with Crippen molar-refractivity contribution in [2.24, 2.45) is 0 Å². The number of benzene rings is 1. The minimum atomic E-state index is 0.176. The third kappa shape index (κ3) is 4.20. The Labute approximate surface area is 98.6 Å². The molecule has 0 heterocycles. The van der Waals surface area contributed by atoms with Crippen LogP contribution in [0.5, 0.6) is 5.75 Å². The number of aliphatic hydroxyl groups excluding tert-OH is 1. The fraction of sp³-hybridized carbons (Fsp3) is 0.455.